The Morgan fingerprint density at radius 3 is 2.75 bits per heavy atom. The molecular formula is C18H26ClN3O2. The van der Waals surface area contributed by atoms with Crippen LogP contribution in [0.25, 0.3) is 0 Å². The van der Waals surface area contributed by atoms with Gasteiger partial charge in [-0.3, -0.25) is 14.6 Å². The zero-order valence-corrected chi connectivity index (χ0v) is 14.7. The van der Waals surface area contributed by atoms with Gasteiger partial charge in [-0.2, -0.15) is 0 Å². The Balaban J connectivity index is 1.71. The van der Waals surface area contributed by atoms with E-state index in [4.69, 9.17) is 17.3 Å². The molecule has 0 bridgehead atoms. The fourth-order valence-electron chi connectivity index (χ4n) is 4.45. The van der Waals surface area contributed by atoms with Gasteiger partial charge in [-0.25, -0.2) is 0 Å². The first-order valence-corrected chi connectivity index (χ1v) is 9.00. The number of aliphatic hydroxyl groups is 1. The number of halogens is 1. The summed E-state index contributed by atoms with van der Waals surface area (Å²) in [6.07, 6.45) is 2.96. The Labute approximate surface area is 148 Å². The molecule has 2 fully saturated rings. The Morgan fingerprint density at radius 1 is 1.33 bits per heavy atom. The molecule has 1 aromatic rings. The van der Waals surface area contributed by atoms with Crippen molar-refractivity contribution in [1.82, 2.24) is 9.80 Å². The lowest BCUT2D eigenvalue weighted by Gasteiger charge is -2.54. The molecular weight excluding hydrogens is 326 g/mol. The number of hydrogen-bond donors (Lipinski definition) is 2. The standard InChI is InChI=1S/C18H26ClN3O2/c19-15-4-2-14(3-5-15)10-21-9-6-16-18(12-21,13-23)7-1-8-22(16)11-17(20)24/h2-5,16,23H,1,6-13H2,(H2,20,24)/t16-,18-/m1/s1. The molecule has 0 saturated carbocycles. The second-order valence-electron chi connectivity index (χ2n) is 7.20. The molecule has 5 nitrogen and oxygen atoms in total. The fourth-order valence-corrected chi connectivity index (χ4v) is 4.58. The number of rotatable bonds is 5. The molecule has 2 aliphatic rings. The summed E-state index contributed by atoms with van der Waals surface area (Å²) in [7, 11) is 0. The number of piperidine rings is 2. The monoisotopic (exact) mass is 351 g/mol. The van der Waals surface area contributed by atoms with E-state index >= 15 is 0 Å². The van der Waals surface area contributed by atoms with Gasteiger partial charge in [0.05, 0.1) is 13.2 Å². The lowest BCUT2D eigenvalue weighted by atomic mass is 9.69. The van der Waals surface area contributed by atoms with Crippen molar-refractivity contribution in [1.29, 1.82) is 0 Å². The zero-order chi connectivity index (χ0) is 17.2. The molecule has 132 valence electrons. The topological polar surface area (TPSA) is 69.8 Å². The number of benzene rings is 1. The molecule has 24 heavy (non-hydrogen) atoms. The minimum atomic E-state index is -0.285. The Morgan fingerprint density at radius 2 is 2.08 bits per heavy atom. The molecule has 2 atom stereocenters. The van der Waals surface area contributed by atoms with E-state index in [1.807, 2.05) is 12.1 Å². The van der Waals surface area contributed by atoms with Crippen molar-refractivity contribution in [3.8, 4) is 0 Å². The number of fused-ring (bicyclic) bond motifs is 1. The predicted molar refractivity (Wildman–Crippen MR) is 94.7 cm³/mol. The molecule has 1 aromatic carbocycles. The number of aliphatic hydroxyl groups excluding tert-OH is 1. The number of carbonyl (C=O) groups excluding carboxylic acids is 1. The maximum Gasteiger partial charge on any atom is 0.231 e. The van der Waals surface area contributed by atoms with Crippen LogP contribution in [0.5, 0.6) is 0 Å². The van der Waals surface area contributed by atoms with Crippen LogP contribution in [0.4, 0.5) is 0 Å². The third kappa shape index (κ3) is 3.75. The minimum absolute atomic E-state index is 0.154. The van der Waals surface area contributed by atoms with Crippen molar-refractivity contribution in [2.24, 2.45) is 11.1 Å². The second-order valence-corrected chi connectivity index (χ2v) is 7.64. The van der Waals surface area contributed by atoms with Crippen LogP contribution in [0.15, 0.2) is 24.3 Å². The number of amides is 1. The molecule has 2 saturated heterocycles. The summed E-state index contributed by atoms with van der Waals surface area (Å²) in [4.78, 5) is 16.0. The number of primary amides is 1. The van der Waals surface area contributed by atoms with E-state index in [1.165, 1.54) is 5.56 Å². The maximum absolute atomic E-state index is 11.4. The number of hydrogen-bond acceptors (Lipinski definition) is 4. The smallest absolute Gasteiger partial charge is 0.231 e. The van der Waals surface area contributed by atoms with Crippen molar-refractivity contribution < 1.29 is 9.90 Å². The average Bonchev–Trinajstić information content (AvgIpc) is 2.56. The van der Waals surface area contributed by atoms with Crippen LogP contribution in [0.2, 0.25) is 5.02 Å². The van der Waals surface area contributed by atoms with Crippen molar-refractivity contribution in [2.75, 3.05) is 32.8 Å². The van der Waals surface area contributed by atoms with Gasteiger partial charge in [0.15, 0.2) is 0 Å². The molecule has 3 N–H and O–H groups in total. The van der Waals surface area contributed by atoms with E-state index in [0.717, 1.165) is 50.5 Å². The molecule has 6 heteroatoms. The van der Waals surface area contributed by atoms with Crippen LogP contribution >= 0.6 is 11.6 Å². The summed E-state index contributed by atoms with van der Waals surface area (Å²) in [5.74, 6) is -0.285. The number of carbonyl (C=O) groups is 1. The molecule has 0 spiro atoms. The molecule has 0 unspecified atom stereocenters. The summed E-state index contributed by atoms with van der Waals surface area (Å²) >= 11 is 5.96. The van der Waals surface area contributed by atoms with E-state index in [-0.39, 0.29) is 24.0 Å². The van der Waals surface area contributed by atoms with E-state index in [0.29, 0.717) is 6.54 Å². The number of nitrogens with zero attached hydrogens (tertiary/aromatic N) is 2. The second kappa shape index (κ2) is 7.40. The van der Waals surface area contributed by atoms with Crippen LogP contribution < -0.4 is 5.73 Å². The van der Waals surface area contributed by atoms with E-state index in [9.17, 15) is 9.90 Å². The molecule has 0 aromatic heterocycles. The lowest BCUT2D eigenvalue weighted by molar-refractivity contribution is -0.125. The first-order chi connectivity index (χ1) is 11.5. The molecule has 1 amide bonds. The zero-order valence-electron chi connectivity index (χ0n) is 14.0. The van der Waals surface area contributed by atoms with Crippen LogP contribution in [-0.2, 0) is 11.3 Å². The SMILES string of the molecule is NC(=O)CN1CCC[C@]2(CO)CN(Cc3ccc(Cl)cc3)CC[C@@H]12. The largest absolute Gasteiger partial charge is 0.396 e. The highest BCUT2D eigenvalue weighted by Crippen LogP contribution is 2.41. The molecule has 2 aliphatic heterocycles. The van der Waals surface area contributed by atoms with Gasteiger partial charge in [-0.15, -0.1) is 0 Å². The molecule has 2 heterocycles. The Hall–Kier alpha value is -1.14. The van der Waals surface area contributed by atoms with Crippen molar-refractivity contribution in [2.45, 2.75) is 31.8 Å². The highest BCUT2D eigenvalue weighted by Gasteiger charge is 2.47. The van der Waals surface area contributed by atoms with Crippen LogP contribution in [0.1, 0.15) is 24.8 Å². The first kappa shape index (κ1) is 17.7. The average molecular weight is 352 g/mol. The minimum Gasteiger partial charge on any atom is -0.396 e. The van der Waals surface area contributed by atoms with Gasteiger partial charge in [0.2, 0.25) is 5.91 Å². The van der Waals surface area contributed by atoms with Crippen molar-refractivity contribution >= 4 is 17.5 Å². The maximum atomic E-state index is 11.4. The molecule has 0 aliphatic carbocycles. The van der Waals surface area contributed by atoms with Gasteiger partial charge < -0.3 is 10.8 Å². The first-order valence-electron chi connectivity index (χ1n) is 8.62. The van der Waals surface area contributed by atoms with Gasteiger partial charge in [-0.05, 0) is 43.5 Å². The van der Waals surface area contributed by atoms with Crippen LogP contribution in [0, 0.1) is 5.41 Å². The van der Waals surface area contributed by atoms with E-state index in [2.05, 4.69) is 21.9 Å². The summed E-state index contributed by atoms with van der Waals surface area (Å²) < 4.78 is 0. The summed E-state index contributed by atoms with van der Waals surface area (Å²) in [5, 5.41) is 10.9. The molecule has 3 rings (SSSR count). The third-order valence-electron chi connectivity index (χ3n) is 5.52. The van der Waals surface area contributed by atoms with Crippen molar-refractivity contribution in [3.05, 3.63) is 34.9 Å². The van der Waals surface area contributed by atoms with Crippen LogP contribution in [-0.4, -0.2) is 59.6 Å². The van der Waals surface area contributed by atoms with Gasteiger partial charge in [0.25, 0.3) is 0 Å². The van der Waals surface area contributed by atoms with E-state index in [1.54, 1.807) is 0 Å². The highest BCUT2D eigenvalue weighted by atomic mass is 35.5. The Kier molecular flexibility index (Phi) is 5.45. The fraction of sp³-hybridized carbons (Fsp3) is 0.611. The normalized spacial score (nSPS) is 28.5. The third-order valence-corrected chi connectivity index (χ3v) is 5.77. The van der Waals surface area contributed by atoms with Crippen LogP contribution in [0.3, 0.4) is 0 Å². The quantitative estimate of drug-likeness (QED) is 0.843. The lowest BCUT2D eigenvalue weighted by Crippen LogP contribution is -2.63. The summed E-state index contributed by atoms with van der Waals surface area (Å²) in [6, 6.07) is 8.19. The van der Waals surface area contributed by atoms with E-state index < -0.39 is 0 Å². The predicted octanol–water partition coefficient (Wildman–Crippen LogP) is 1.47. The van der Waals surface area contributed by atoms with Crippen molar-refractivity contribution in [3.63, 3.8) is 0 Å². The number of nitrogens with two attached hydrogens (primary N) is 1. The van der Waals surface area contributed by atoms with Gasteiger partial charge in [0.1, 0.15) is 0 Å². The Bertz CT molecular complexity index is 580. The highest BCUT2D eigenvalue weighted by molar-refractivity contribution is 6.30. The van der Waals surface area contributed by atoms with Gasteiger partial charge >= 0.3 is 0 Å². The summed E-state index contributed by atoms with van der Waals surface area (Å²) in [5.41, 5.74) is 6.48. The van der Waals surface area contributed by atoms with Gasteiger partial charge in [0, 0.05) is 36.1 Å². The molecule has 0 radical (unpaired) electrons. The number of likely N-dealkylation sites (tertiary alicyclic amines) is 2. The summed E-state index contributed by atoms with van der Waals surface area (Å²) in [6.45, 7) is 4.03. The van der Waals surface area contributed by atoms with Gasteiger partial charge in [-0.1, -0.05) is 23.7 Å².